The maximum atomic E-state index is 12.4. The van der Waals surface area contributed by atoms with E-state index in [4.69, 9.17) is 5.73 Å². The van der Waals surface area contributed by atoms with Crippen LogP contribution in [-0.4, -0.2) is 58.3 Å². The second-order valence-corrected chi connectivity index (χ2v) is 6.46. The Labute approximate surface area is 137 Å². The summed E-state index contributed by atoms with van der Waals surface area (Å²) in [5.74, 6) is -0.198. The van der Waals surface area contributed by atoms with Crippen molar-refractivity contribution < 1.29 is 9.59 Å². The molecular formula is C15H18N4O3S. The first-order chi connectivity index (χ1) is 11.1. The average molecular weight is 334 g/mol. The molecule has 0 aliphatic carbocycles. The quantitative estimate of drug-likeness (QED) is 0.834. The zero-order valence-electron chi connectivity index (χ0n) is 12.6. The van der Waals surface area contributed by atoms with E-state index >= 15 is 0 Å². The molecule has 1 aromatic carbocycles. The van der Waals surface area contributed by atoms with Crippen molar-refractivity contribution in [3.8, 4) is 0 Å². The van der Waals surface area contributed by atoms with Crippen molar-refractivity contribution in [2.75, 3.05) is 32.7 Å². The Morgan fingerprint density at radius 3 is 2.26 bits per heavy atom. The molecule has 122 valence electrons. The number of nitrogens with zero attached hydrogens (tertiary/aromatic N) is 3. The molecule has 23 heavy (non-hydrogen) atoms. The van der Waals surface area contributed by atoms with Crippen molar-refractivity contribution in [1.29, 1.82) is 0 Å². The Bertz CT molecular complexity index is 789. The molecule has 2 aromatic rings. The number of fused-ring (bicyclic) bond motifs is 1. The second kappa shape index (κ2) is 6.51. The standard InChI is InChI=1S/C15H18N4O3S/c16-9-13(20)17-5-7-18(8-6-17)14(21)10-19-15(22)11-3-1-2-4-12(11)23-19/h1-4H,5-10,16H2. The number of piperazine rings is 1. The molecule has 0 bridgehead atoms. The van der Waals surface area contributed by atoms with Crippen molar-refractivity contribution in [1.82, 2.24) is 13.8 Å². The van der Waals surface area contributed by atoms with Crippen molar-refractivity contribution in [2.45, 2.75) is 6.54 Å². The van der Waals surface area contributed by atoms with Crippen LogP contribution in [0.25, 0.3) is 10.1 Å². The summed E-state index contributed by atoms with van der Waals surface area (Å²) < 4.78 is 2.37. The van der Waals surface area contributed by atoms with Gasteiger partial charge < -0.3 is 15.5 Å². The lowest BCUT2D eigenvalue weighted by atomic mass is 10.3. The predicted molar refractivity (Wildman–Crippen MR) is 88.3 cm³/mol. The maximum absolute atomic E-state index is 12.4. The Kier molecular flexibility index (Phi) is 4.44. The minimum Gasteiger partial charge on any atom is -0.338 e. The van der Waals surface area contributed by atoms with Crippen LogP contribution < -0.4 is 11.3 Å². The van der Waals surface area contributed by atoms with Crippen LogP contribution in [0, 0.1) is 0 Å². The van der Waals surface area contributed by atoms with Gasteiger partial charge in [0, 0.05) is 26.2 Å². The van der Waals surface area contributed by atoms with Crippen LogP contribution in [0.4, 0.5) is 0 Å². The Morgan fingerprint density at radius 2 is 1.65 bits per heavy atom. The molecule has 1 fully saturated rings. The van der Waals surface area contributed by atoms with E-state index in [0.29, 0.717) is 31.6 Å². The van der Waals surface area contributed by atoms with E-state index in [0.717, 1.165) is 4.70 Å². The molecule has 1 aliphatic rings. The Balaban J connectivity index is 1.66. The minimum absolute atomic E-state index is 0.00880. The van der Waals surface area contributed by atoms with Gasteiger partial charge in [0.25, 0.3) is 5.56 Å². The smallest absolute Gasteiger partial charge is 0.268 e. The van der Waals surface area contributed by atoms with Crippen LogP contribution in [0.3, 0.4) is 0 Å². The first kappa shape index (κ1) is 15.7. The van der Waals surface area contributed by atoms with E-state index in [9.17, 15) is 14.4 Å². The lowest BCUT2D eigenvalue weighted by Crippen LogP contribution is -2.52. The summed E-state index contributed by atoms with van der Waals surface area (Å²) in [4.78, 5) is 39.5. The topological polar surface area (TPSA) is 88.6 Å². The van der Waals surface area contributed by atoms with E-state index in [1.54, 1.807) is 15.9 Å². The number of hydrogen-bond acceptors (Lipinski definition) is 5. The predicted octanol–water partition coefficient (Wildman–Crippen LogP) is -0.307. The summed E-state index contributed by atoms with van der Waals surface area (Å²) in [5, 5.41) is 0.642. The SMILES string of the molecule is NCC(=O)N1CCN(C(=O)Cn2sc3ccccc3c2=O)CC1. The first-order valence-corrected chi connectivity index (χ1v) is 8.22. The molecule has 0 radical (unpaired) electrons. The number of carbonyl (C=O) groups excluding carboxylic acids is 2. The summed E-state index contributed by atoms with van der Waals surface area (Å²) in [6.07, 6.45) is 0. The highest BCUT2D eigenvalue weighted by atomic mass is 32.1. The molecule has 2 heterocycles. The number of nitrogens with two attached hydrogens (primary N) is 1. The van der Waals surface area contributed by atoms with Gasteiger partial charge in [0.05, 0.1) is 16.6 Å². The fourth-order valence-electron chi connectivity index (χ4n) is 2.68. The number of carbonyl (C=O) groups is 2. The van der Waals surface area contributed by atoms with Crippen LogP contribution in [0.1, 0.15) is 0 Å². The summed E-state index contributed by atoms with van der Waals surface area (Å²) in [6.45, 7) is 1.97. The fraction of sp³-hybridized carbons (Fsp3) is 0.400. The third kappa shape index (κ3) is 3.13. The number of aromatic nitrogens is 1. The van der Waals surface area contributed by atoms with Crippen molar-refractivity contribution >= 4 is 33.4 Å². The molecule has 7 nitrogen and oxygen atoms in total. The van der Waals surface area contributed by atoms with Crippen LogP contribution in [0.15, 0.2) is 29.1 Å². The van der Waals surface area contributed by atoms with Crippen molar-refractivity contribution in [2.24, 2.45) is 5.73 Å². The summed E-state index contributed by atoms with van der Waals surface area (Å²) in [6, 6.07) is 7.33. The van der Waals surface area contributed by atoms with Gasteiger partial charge in [0.15, 0.2) is 0 Å². The van der Waals surface area contributed by atoms with E-state index in [2.05, 4.69) is 0 Å². The van der Waals surface area contributed by atoms with E-state index in [-0.39, 0.29) is 30.5 Å². The molecule has 0 atom stereocenters. The molecule has 0 saturated carbocycles. The second-order valence-electron chi connectivity index (χ2n) is 5.39. The molecular weight excluding hydrogens is 316 g/mol. The first-order valence-electron chi connectivity index (χ1n) is 7.44. The summed E-state index contributed by atoms with van der Waals surface area (Å²) in [5.41, 5.74) is 5.22. The lowest BCUT2D eigenvalue weighted by Gasteiger charge is -2.34. The van der Waals surface area contributed by atoms with Crippen molar-refractivity contribution in [3.05, 3.63) is 34.6 Å². The van der Waals surface area contributed by atoms with Gasteiger partial charge in [-0.3, -0.25) is 18.3 Å². The molecule has 1 aliphatic heterocycles. The molecule has 0 spiro atoms. The summed E-state index contributed by atoms with van der Waals surface area (Å²) in [7, 11) is 0. The third-order valence-electron chi connectivity index (χ3n) is 3.99. The van der Waals surface area contributed by atoms with Crippen LogP contribution in [0.2, 0.25) is 0 Å². The highest BCUT2D eigenvalue weighted by Crippen LogP contribution is 2.16. The van der Waals surface area contributed by atoms with Crippen molar-refractivity contribution in [3.63, 3.8) is 0 Å². The molecule has 1 saturated heterocycles. The molecule has 2 N–H and O–H groups in total. The van der Waals surface area contributed by atoms with Gasteiger partial charge in [-0.05, 0) is 12.1 Å². The normalized spacial score (nSPS) is 15.2. The van der Waals surface area contributed by atoms with E-state index in [1.807, 2.05) is 18.2 Å². The van der Waals surface area contributed by atoms with Crippen LogP contribution in [0.5, 0.6) is 0 Å². The highest BCUT2D eigenvalue weighted by Gasteiger charge is 2.24. The minimum atomic E-state index is -0.129. The Morgan fingerprint density at radius 1 is 1.04 bits per heavy atom. The van der Waals surface area contributed by atoms with Gasteiger partial charge >= 0.3 is 0 Å². The number of benzene rings is 1. The Hall–Kier alpha value is -2.19. The van der Waals surface area contributed by atoms with Gasteiger partial charge in [-0.15, -0.1) is 0 Å². The zero-order valence-corrected chi connectivity index (χ0v) is 13.4. The highest BCUT2D eigenvalue weighted by molar-refractivity contribution is 7.13. The number of hydrogen-bond donors (Lipinski definition) is 1. The maximum Gasteiger partial charge on any atom is 0.268 e. The van der Waals surface area contributed by atoms with Gasteiger partial charge in [0.1, 0.15) is 6.54 Å². The largest absolute Gasteiger partial charge is 0.338 e. The van der Waals surface area contributed by atoms with Gasteiger partial charge in [-0.25, -0.2) is 0 Å². The van der Waals surface area contributed by atoms with Crippen LogP contribution >= 0.6 is 11.5 Å². The van der Waals surface area contributed by atoms with E-state index < -0.39 is 0 Å². The number of rotatable bonds is 3. The van der Waals surface area contributed by atoms with E-state index in [1.165, 1.54) is 15.5 Å². The lowest BCUT2D eigenvalue weighted by molar-refractivity contribution is -0.139. The van der Waals surface area contributed by atoms with Gasteiger partial charge in [-0.1, -0.05) is 23.7 Å². The molecule has 0 unspecified atom stereocenters. The zero-order chi connectivity index (χ0) is 16.4. The number of amides is 2. The average Bonchev–Trinajstić information content (AvgIpc) is 2.90. The van der Waals surface area contributed by atoms with Crippen LogP contribution in [-0.2, 0) is 16.1 Å². The molecule has 3 rings (SSSR count). The molecule has 1 aromatic heterocycles. The van der Waals surface area contributed by atoms with Gasteiger partial charge in [0.2, 0.25) is 11.8 Å². The molecule has 8 heteroatoms. The molecule has 2 amide bonds. The third-order valence-corrected chi connectivity index (χ3v) is 5.06. The van der Waals surface area contributed by atoms with Gasteiger partial charge in [-0.2, -0.15) is 0 Å². The monoisotopic (exact) mass is 334 g/mol. The fourth-order valence-corrected chi connectivity index (χ4v) is 3.67. The summed E-state index contributed by atoms with van der Waals surface area (Å²) >= 11 is 1.30.